The molecule has 2 nitrogen and oxygen atoms in total. The van der Waals surface area contributed by atoms with Crippen LogP contribution in [0.4, 0.5) is 0 Å². The number of hydrogen-bond donors (Lipinski definition) is 1. The lowest BCUT2D eigenvalue weighted by Crippen LogP contribution is -2.31. The molecule has 1 aliphatic rings. The number of carboxylic acids is 1. The first kappa shape index (κ1) is 8.31. The normalized spacial score (nSPS) is 28.4. The van der Waals surface area contributed by atoms with Crippen molar-refractivity contribution in [2.75, 3.05) is 0 Å². The molecule has 0 aliphatic heterocycles. The van der Waals surface area contributed by atoms with Crippen LogP contribution in [0.2, 0.25) is 0 Å². The third-order valence-electron chi connectivity index (χ3n) is 2.37. The Morgan fingerprint density at radius 2 is 2.27 bits per heavy atom. The summed E-state index contributed by atoms with van der Waals surface area (Å²) in [5.41, 5.74) is -0.163. The number of aliphatic carboxylic acids is 1. The van der Waals surface area contributed by atoms with Gasteiger partial charge in [0.1, 0.15) is 0 Å². The Morgan fingerprint density at radius 1 is 1.64 bits per heavy atom. The van der Waals surface area contributed by atoms with E-state index in [-0.39, 0.29) is 11.3 Å². The highest BCUT2D eigenvalue weighted by Crippen LogP contribution is 2.35. The van der Waals surface area contributed by atoms with Crippen LogP contribution in [0.3, 0.4) is 0 Å². The van der Waals surface area contributed by atoms with Gasteiger partial charge in [0.05, 0.1) is 5.92 Å². The standard InChI is InChI=1S/C9H14O2/c1-9(2)6-4-3-5-7(9)8(10)11/h4,6-7H,3,5H2,1-2H3,(H,10,11). The quantitative estimate of drug-likeness (QED) is 0.587. The minimum Gasteiger partial charge on any atom is -0.481 e. The SMILES string of the molecule is CC1(C)C=CCCC1C(=O)O. The zero-order valence-corrected chi connectivity index (χ0v) is 7.00. The fraction of sp³-hybridized carbons (Fsp3) is 0.667. The maximum absolute atomic E-state index is 10.7. The van der Waals surface area contributed by atoms with E-state index in [1.54, 1.807) is 0 Å². The van der Waals surface area contributed by atoms with Gasteiger partial charge in [0.25, 0.3) is 0 Å². The predicted octanol–water partition coefficient (Wildman–Crippen LogP) is 2.06. The maximum atomic E-state index is 10.7. The van der Waals surface area contributed by atoms with Crippen LogP contribution in [0.15, 0.2) is 12.2 Å². The van der Waals surface area contributed by atoms with E-state index in [9.17, 15) is 4.79 Å². The van der Waals surface area contributed by atoms with Gasteiger partial charge in [0, 0.05) is 0 Å². The maximum Gasteiger partial charge on any atom is 0.307 e. The van der Waals surface area contributed by atoms with E-state index < -0.39 is 5.97 Å². The molecule has 0 radical (unpaired) electrons. The molecule has 0 spiro atoms. The molecule has 0 aromatic carbocycles. The number of carbonyl (C=O) groups is 1. The van der Waals surface area contributed by atoms with E-state index in [1.807, 2.05) is 19.9 Å². The van der Waals surface area contributed by atoms with Crippen molar-refractivity contribution in [3.05, 3.63) is 12.2 Å². The van der Waals surface area contributed by atoms with E-state index in [0.29, 0.717) is 0 Å². The van der Waals surface area contributed by atoms with Gasteiger partial charge in [-0.3, -0.25) is 4.79 Å². The molecule has 1 rings (SSSR count). The molecule has 0 amide bonds. The Labute approximate surface area is 66.9 Å². The third-order valence-corrected chi connectivity index (χ3v) is 2.37. The second-order valence-electron chi connectivity index (χ2n) is 3.69. The topological polar surface area (TPSA) is 37.3 Å². The van der Waals surface area contributed by atoms with Crippen molar-refractivity contribution in [1.29, 1.82) is 0 Å². The molecule has 0 saturated carbocycles. The highest BCUT2D eigenvalue weighted by atomic mass is 16.4. The molecule has 0 saturated heterocycles. The molecular weight excluding hydrogens is 140 g/mol. The van der Waals surface area contributed by atoms with Crippen molar-refractivity contribution in [3.63, 3.8) is 0 Å². The Balaban J connectivity index is 2.81. The summed E-state index contributed by atoms with van der Waals surface area (Å²) < 4.78 is 0. The van der Waals surface area contributed by atoms with E-state index in [1.165, 1.54) is 0 Å². The third kappa shape index (κ3) is 1.62. The van der Waals surface area contributed by atoms with Crippen molar-refractivity contribution in [2.45, 2.75) is 26.7 Å². The Hall–Kier alpha value is -0.790. The summed E-state index contributed by atoms with van der Waals surface area (Å²) in [6.45, 7) is 3.95. The molecule has 2 heteroatoms. The highest BCUT2D eigenvalue weighted by molar-refractivity contribution is 5.71. The van der Waals surface area contributed by atoms with Gasteiger partial charge in [-0.1, -0.05) is 26.0 Å². The molecule has 0 bridgehead atoms. The van der Waals surface area contributed by atoms with Gasteiger partial charge in [-0.05, 0) is 18.3 Å². The van der Waals surface area contributed by atoms with Gasteiger partial charge < -0.3 is 5.11 Å². The molecule has 0 aromatic heterocycles. The fourth-order valence-electron chi connectivity index (χ4n) is 1.58. The first-order chi connectivity index (χ1) is 5.04. The summed E-state index contributed by atoms with van der Waals surface area (Å²) in [5.74, 6) is -0.869. The second kappa shape index (κ2) is 2.68. The van der Waals surface area contributed by atoms with Crippen molar-refractivity contribution in [2.24, 2.45) is 11.3 Å². The number of allylic oxidation sites excluding steroid dienone is 2. The molecule has 62 valence electrons. The van der Waals surface area contributed by atoms with E-state index in [0.717, 1.165) is 12.8 Å². The fourth-order valence-corrected chi connectivity index (χ4v) is 1.58. The van der Waals surface area contributed by atoms with Crippen molar-refractivity contribution < 1.29 is 9.90 Å². The average molecular weight is 154 g/mol. The molecule has 0 fully saturated rings. The molecule has 0 aromatic rings. The van der Waals surface area contributed by atoms with Crippen molar-refractivity contribution in [3.8, 4) is 0 Å². The molecule has 1 atom stereocenters. The second-order valence-corrected chi connectivity index (χ2v) is 3.69. The Bertz CT molecular complexity index is 192. The van der Waals surface area contributed by atoms with Crippen LogP contribution in [0.1, 0.15) is 26.7 Å². The monoisotopic (exact) mass is 154 g/mol. The first-order valence-corrected chi connectivity index (χ1v) is 3.94. The van der Waals surface area contributed by atoms with Gasteiger partial charge >= 0.3 is 5.97 Å². The first-order valence-electron chi connectivity index (χ1n) is 3.94. The molecule has 0 heterocycles. The summed E-state index contributed by atoms with van der Waals surface area (Å²) in [4.78, 5) is 10.7. The van der Waals surface area contributed by atoms with Crippen LogP contribution >= 0.6 is 0 Å². The predicted molar refractivity (Wildman–Crippen MR) is 43.3 cm³/mol. The molecule has 1 aliphatic carbocycles. The molecule has 1 N–H and O–H groups in total. The summed E-state index contributed by atoms with van der Waals surface area (Å²) in [5, 5.41) is 8.84. The van der Waals surface area contributed by atoms with Crippen LogP contribution in [0.25, 0.3) is 0 Å². The van der Waals surface area contributed by atoms with Gasteiger partial charge in [0.2, 0.25) is 0 Å². The lowest BCUT2D eigenvalue weighted by molar-refractivity contribution is -0.145. The Morgan fingerprint density at radius 3 is 2.64 bits per heavy atom. The van der Waals surface area contributed by atoms with Crippen LogP contribution in [-0.2, 0) is 4.79 Å². The smallest absolute Gasteiger partial charge is 0.307 e. The van der Waals surface area contributed by atoms with Crippen LogP contribution in [0, 0.1) is 11.3 Å². The highest BCUT2D eigenvalue weighted by Gasteiger charge is 2.34. The Kier molecular flexibility index (Phi) is 2.03. The average Bonchev–Trinajstić information content (AvgIpc) is 1.85. The minimum absolute atomic E-state index is 0.163. The minimum atomic E-state index is -0.667. The lowest BCUT2D eigenvalue weighted by atomic mass is 9.73. The zero-order chi connectivity index (χ0) is 8.48. The van der Waals surface area contributed by atoms with Crippen LogP contribution in [-0.4, -0.2) is 11.1 Å². The van der Waals surface area contributed by atoms with Gasteiger partial charge in [-0.15, -0.1) is 0 Å². The van der Waals surface area contributed by atoms with Crippen LogP contribution < -0.4 is 0 Å². The summed E-state index contributed by atoms with van der Waals surface area (Å²) in [6.07, 6.45) is 5.76. The van der Waals surface area contributed by atoms with E-state index in [2.05, 4.69) is 6.08 Å². The van der Waals surface area contributed by atoms with Crippen molar-refractivity contribution >= 4 is 5.97 Å². The van der Waals surface area contributed by atoms with Crippen LogP contribution in [0.5, 0.6) is 0 Å². The number of carboxylic acid groups (broad SMARTS) is 1. The molecule has 1 unspecified atom stereocenters. The summed E-state index contributed by atoms with van der Waals surface area (Å²) in [6, 6.07) is 0. The van der Waals surface area contributed by atoms with E-state index in [4.69, 9.17) is 5.11 Å². The lowest BCUT2D eigenvalue weighted by Gasteiger charge is -2.31. The largest absolute Gasteiger partial charge is 0.481 e. The number of rotatable bonds is 1. The molecular formula is C9H14O2. The van der Waals surface area contributed by atoms with Gasteiger partial charge in [-0.2, -0.15) is 0 Å². The van der Waals surface area contributed by atoms with Gasteiger partial charge in [0.15, 0.2) is 0 Å². The van der Waals surface area contributed by atoms with Gasteiger partial charge in [-0.25, -0.2) is 0 Å². The summed E-state index contributed by atoms with van der Waals surface area (Å²) in [7, 11) is 0. The van der Waals surface area contributed by atoms with E-state index >= 15 is 0 Å². The van der Waals surface area contributed by atoms with Crippen molar-refractivity contribution in [1.82, 2.24) is 0 Å². The number of hydrogen-bond acceptors (Lipinski definition) is 1. The zero-order valence-electron chi connectivity index (χ0n) is 7.00. The molecule has 11 heavy (non-hydrogen) atoms. The summed E-state index contributed by atoms with van der Waals surface area (Å²) >= 11 is 0.